The van der Waals surface area contributed by atoms with Crippen molar-refractivity contribution in [1.29, 1.82) is 0 Å². The van der Waals surface area contributed by atoms with Crippen molar-refractivity contribution in [2.24, 2.45) is 0 Å². The van der Waals surface area contributed by atoms with Gasteiger partial charge >= 0.3 is 0 Å². The highest BCUT2D eigenvalue weighted by Gasteiger charge is 2.07. The van der Waals surface area contributed by atoms with E-state index in [0.29, 0.717) is 0 Å². The summed E-state index contributed by atoms with van der Waals surface area (Å²) in [5.74, 6) is 1.09. The van der Waals surface area contributed by atoms with Gasteiger partial charge in [-0.2, -0.15) is 0 Å². The van der Waals surface area contributed by atoms with Gasteiger partial charge in [-0.05, 0) is 45.3 Å². The molecule has 1 heterocycles. The van der Waals surface area contributed by atoms with Crippen molar-refractivity contribution >= 4 is 5.82 Å². The van der Waals surface area contributed by atoms with Crippen LogP contribution in [0, 0.1) is 0 Å². The molecule has 0 saturated carbocycles. The maximum atomic E-state index is 4.50. The topological polar surface area (TPSA) is 31.4 Å². The predicted octanol–water partition coefficient (Wildman–Crippen LogP) is 1.58. The number of aromatic nitrogens is 1. The molecule has 1 aromatic rings. The van der Waals surface area contributed by atoms with Gasteiger partial charge in [0.25, 0.3) is 0 Å². The van der Waals surface area contributed by atoms with Crippen LogP contribution in [0.2, 0.25) is 0 Å². The number of rotatable bonds is 8. The summed E-state index contributed by atoms with van der Waals surface area (Å²) >= 11 is 0. The van der Waals surface area contributed by atoms with E-state index in [1.807, 2.05) is 13.2 Å². The first-order chi connectivity index (χ1) is 8.67. The molecule has 4 heteroatoms. The van der Waals surface area contributed by atoms with Crippen LogP contribution < -0.4 is 10.2 Å². The van der Waals surface area contributed by atoms with Crippen molar-refractivity contribution in [3.63, 3.8) is 0 Å². The zero-order valence-electron chi connectivity index (χ0n) is 12.1. The fourth-order valence-electron chi connectivity index (χ4n) is 1.88. The Labute approximate surface area is 111 Å². The number of hydrogen-bond donors (Lipinski definition) is 1. The molecule has 0 unspecified atom stereocenters. The van der Waals surface area contributed by atoms with Crippen LogP contribution in [-0.2, 0) is 6.54 Å². The largest absolute Gasteiger partial charge is 0.355 e. The van der Waals surface area contributed by atoms with E-state index in [-0.39, 0.29) is 0 Å². The number of pyridine rings is 1. The smallest absolute Gasteiger partial charge is 0.128 e. The summed E-state index contributed by atoms with van der Waals surface area (Å²) in [6.07, 6.45) is 3.05. The quantitative estimate of drug-likeness (QED) is 0.759. The number of anilines is 1. The Morgan fingerprint density at radius 1 is 1.22 bits per heavy atom. The summed E-state index contributed by atoms with van der Waals surface area (Å²) in [6.45, 7) is 6.24. The SMILES string of the molecule is CCCN(CCN(C)C)c1cc(CNC)ccn1. The van der Waals surface area contributed by atoms with Crippen molar-refractivity contribution in [3.05, 3.63) is 23.9 Å². The normalized spacial score (nSPS) is 10.9. The fraction of sp³-hybridized carbons (Fsp3) is 0.643. The number of hydrogen-bond acceptors (Lipinski definition) is 4. The van der Waals surface area contributed by atoms with Crippen LogP contribution in [0.4, 0.5) is 5.82 Å². The number of likely N-dealkylation sites (N-methyl/N-ethyl adjacent to an activating group) is 1. The Morgan fingerprint density at radius 2 is 2.00 bits per heavy atom. The minimum atomic E-state index is 0.892. The maximum Gasteiger partial charge on any atom is 0.128 e. The molecule has 0 bridgehead atoms. The Bertz CT molecular complexity index is 338. The Morgan fingerprint density at radius 3 is 2.61 bits per heavy atom. The predicted molar refractivity (Wildman–Crippen MR) is 78.1 cm³/mol. The molecule has 0 aliphatic carbocycles. The highest BCUT2D eigenvalue weighted by molar-refractivity contribution is 5.41. The summed E-state index contributed by atoms with van der Waals surface area (Å²) in [5.41, 5.74) is 1.29. The molecule has 0 radical (unpaired) electrons. The lowest BCUT2D eigenvalue weighted by atomic mass is 10.2. The zero-order valence-corrected chi connectivity index (χ0v) is 12.1. The van der Waals surface area contributed by atoms with E-state index in [1.165, 1.54) is 5.56 Å². The first kappa shape index (κ1) is 14.9. The van der Waals surface area contributed by atoms with Crippen molar-refractivity contribution in [2.75, 3.05) is 45.7 Å². The first-order valence-corrected chi connectivity index (χ1v) is 6.66. The van der Waals surface area contributed by atoms with Crippen molar-refractivity contribution in [2.45, 2.75) is 19.9 Å². The Kier molecular flexibility index (Phi) is 6.68. The third-order valence-corrected chi connectivity index (χ3v) is 2.83. The summed E-state index contributed by atoms with van der Waals surface area (Å²) in [7, 11) is 6.18. The summed E-state index contributed by atoms with van der Waals surface area (Å²) in [5, 5.41) is 3.18. The van der Waals surface area contributed by atoms with E-state index in [2.05, 4.69) is 53.3 Å². The molecule has 0 amide bonds. The summed E-state index contributed by atoms with van der Waals surface area (Å²) < 4.78 is 0. The molecule has 0 aliphatic rings. The molecule has 18 heavy (non-hydrogen) atoms. The monoisotopic (exact) mass is 250 g/mol. The molecule has 0 aliphatic heterocycles. The third kappa shape index (κ3) is 5.02. The van der Waals surface area contributed by atoms with Crippen LogP contribution in [0.25, 0.3) is 0 Å². The van der Waals surface area contributed by atoms with Crippen molar-refractivity contribution < 1.29 is 0 Å². The van der Waals surface area contributed by atoms with E-state index in [0.717, 1.165) is 38.4 Å². The van der Waals surface area contributed by atoms with Crippen LogP contribution in [-0.4, -0.2) is 50.7 Å². The van der Waals surface area contributed by atoms with E-state index >= 15 is 0 Å². The molecule has 0 atom stereocenters. The van der Waals surface area contributed by atoms with Gasteiger partial charge in [0.05, 0.1) is 0 Å². The van der Waals surface area contributed by atoms with Crippen LogP contribution in [0.5, 0.6) is 0 Å². The van der Waals surface area contributed by atoms with Crippen molar-refractivity contribution in [1.82, 2.24) is 15.2 Å². The fourth-order valence-corrected chi connectivity index (χ4v) is 1.88. The highest BCUT2D eigenvalue weighted by Crippen LogP contribution is 2.13. The highest BCUT2D eigenvalue weighted by atomic mass is 15.2. The molecule has 1 aromatic heterocycles. The van der Waals surface area contributed by atoms with Gasteiger partial charge in [-0.15, -0.1) is 0 Å². The van der Waals surface area contributed by atoms with Crippen LogP contribution in [0.15, 0.2) is 18.3 Å². The molecule has 0 aromatic carbocycles. The molecular weight excluding hydrogens is 224 g/mol. The molecule has 0 spiro atoms. The molecule has 1 rings (SSSR count). The van der Waals surface area contributed by atoms with E-state index in [1.54, 1.807) is 0 Å². The van der Waals surface area contributed by atoms with Gasteiger partial charge in [-0.25, -0.2) is 4.98 Å². The molecule has 1 N–H and O–H groups in total. The van der Waals surface area contributed by atoms with Crippen LogP contribution in [0.1, 0.15) is 18.9 Å². The van der Waals surface area contributed by atoms with Gasteiger partial charge in [0.15, 0.2) is 0 Å². The molecule has 4 nitrogen and oxygen atoms in total. The lowest BCUT2D eigenvalue weighted by Crippen LogP contribution is -2.33. The minimum absolute atomic E-state index is 0.892. The van der Waals surface area contributed by atoms with Gasteiger partial charge in [0, 0.05) is 32.4 Å². The Hall–Kier alpha value is -1.13. The second kappa shape index (κ2) is 8.06. The second-order valence-corrected chi connectivity index (χ2v) is 4.84. The summed E-state index contributed by atoms with van der Waals surface area (Å²) in [6, 6.07) is 4.25. The summed E-state index contributed by atoms with van der Waals surface area (Å²) in [4.78, 5) is 9.07. The molecule has 0 saturated heterocycles. The second-order valence-electron chi connectivity index (χ2n) is 4.84. The average Bonchev–Trinajstić information content (AvgIpc) is 2.35. The molecule has 102 valence electrons. The van der Waals surface area contributed by atoms with Crippen molar-refractivity contribution in [3.8, 4) is 0 Å². The van der Waals surface area contributed by atoms with Crippen LogP contribution in [0.3, 0.4) is 0 Å². The van der Waals surface area contributed by atoms with E-state index in [9.17, 15) is 0 Å². The lowest BCUT2D eigenvalue weighted by Gasteiger charge is -2.25. The third-order valence-electron chi connectivity index (χ3n) is 2.83. The first-order valence-electron chi connectivity index (χ1n) is 6.66. The van der Waals surface area contributed by atoms with Gasteiger partial charge < -0.3 is 15.1 Å². The average molecular weight is 250 g/mol. The molecule has 0 fully saturated rings. The lowest BCUT2D eigenvalue weighted by molar-refractivity contribution is 0.412. The van der Waals surface area contributed by atoms with Gasteiger partial charge in [0.2, 0.25) is 0 Å². The van der Waals surface area contributed by atoms with E-state index < -0.39 is 0 Å². The van der Waals surface area contributed by atoms with E-state index in [4.69, 9.17) is 0 Å². The van der Waals surface area contributed by atoms with Gasteiger partial charge in [-0.1, -0.05) is 6.92 Å². The zero-order chi connectivity index (χ0) is 13.4. The Balaban J connectivity index is 2.73. The molecular formula is C14H26N4. The van der Waals surface area contributed by atoms with Crippen LogP contribution >= 0.6 is 0 Å². The number of nitrogens with zero attached hydrogens (tertiary/aromatic N) is 3. The standard InChI is InChI=1S/C14H26N4/c1-5-8-18(10-9-17(3)4)14-11-13(12-15-2)6-7-16-14/h6-7,11,15H,5,8-10,12H2,1-4H3. The maximum absolute atomic E-state index is 4.50. The minimum Gasteiger partial charge on any atom is -0.355 e. The van der Waals surface area contributed by atoms with Gasteiger partial charge in [-0.3, -0.25) is 0 Å². The van der Waals surface area contributed by atoms with Gasteiger partial charge in [0.1, 0.15) is 5.82 Å². The number of nitrogens with one attached hydrogen (secondary N) is 1.